The van der Waals surface area contributed by atoms with Crippen LogP contribution in [0.5, 0.6) is 0 Å². The van der Waals surface area contributed by atoms with Gasteiger partial charge in [-0.25, -0.2) is 0 Å². The third-order valence-corrected chi connectivity index (χ3v) is 2.10. The van der Waals surface area contributed by atoms with E-state index < -0.39 is 0 Å². The van der Waals surface area contributed by atoms with Crippen LogP contribution in [0.3, 0.4) is 0 Å². The van der Waals surface area contributed by atoms with E-state index in [0.29, 0.717) is 6.54 Å². The SMILES string of the molecule is CC(C)NC(=O)CC(=O)NCc1ccccc1. The van der Waals surface area contributed by atoms with Gasteiger partial charge in [-0.2, -0.15) is 0 Å². The lowest BCUT2D eigenvalue weighted by Gasteiger charge is -2.08. The molecule has 0 fully saturated rings. The van der Waals surface area contributed by atoms with E-state index in [9.17, 15) is 9.59 Å². The van der Waals surface area contributed by atoms with Crippen LogP contribution in [0.2, 0.25) is 0 Å². The maximum absolute atomic E-state index is 11.4. The fraction of sp³-hybridized carbons (Fsp3) is 0.385. The monoisotopic (exact) mass is 234 g/mol. The van der Waals surface area contributed by atoms with E-state index in [2.05, 4.69) is 10.6 Å². The molecule has 0 aromatic heterocycles. The smallest absolute Gasteiger partial charge is 0.229 e. The van der Waals surface area contributed by atoms with Crippen LogP contribution in [0, 0.1) is 0 Å². The first-order chi connectivity index (χ1) is 8.08. The van der Waals surface area contributed by atoms with Gasteiger partial charge in [-0.05, 0) is 19.4 Å². The Morgan fingerprint density at radius 3 is 2.35 bits per heavy atom. The van der Waals surface area contributed by atoms with E-state index in [4.69, 9.17) is 0 Å². The van der Waals surface area contributed by atoms with Crippen molar-refractivity contribution in [3.05, 3.63) is 35.9 Å². The Labute approximate surface area is 101 Å². The molecule has 1 aromatic carbocycles. The maximum atomic E-state index is 11.4. The van der Waals surface area contributed by atoms with Gasteiger partial charge in [0.05, 0.1) is 0 Å². The second kappa shape index (κ2) is 6.68. The predicted octanol–water partition coefficient (Wildman–Crippen LogP) is 1.22. The van der Waals surface area contributed by atoms with Crippen LogP contribution in [0.25, 0.3) is 0 Å². The molecule has 0 saturated heterocycles. The molecule has 1 rings (SSSR count). The van der Waals surface area contributed by atoms with Crippen molar-refractivity contribution in [3.63, 3.8) is 0 Å². The zero-order valence-electron chi connectivity index (χ0n) is 10.2. The molecule has 0 aliphatic carbocycles. The maximum Gasteiger partial charge on any atom is 0.229 e. The van der Waals surface area contributed by atoms with Gasteiger partial charge in [-0.15, -0.1) is 0 Å². The first-order valence-electron chi connectivity index (χ1n) is 5.68. The third kappa shape index (κ3) is 5.70. The highest BCUT2D eigenvalue weighted by Gasteiger charge is 2.09. The molecule has 1 aromatic rings. The Balaban J connectivity index is 2.28. The number of amides is 2. The molecule has 0 aliphatic rings. The number of benzene rings is 1. The zero-order valence-corrected chi connectivity index (χ0v) is 10.2. The van der Waals surface area contributed by atoms with Crippen molar-refractivity contribution in [3.8, 4) is 0 Å². The highest BCUT2D eigenvalue weighted by molar-refractivity contribution is 5.96. The topological polar surface area (TPSA) is 58.2 Å². The minimum Gasteiger partial charge on any atom is -0.353 e. The summed E-state index contributed by atoms with van der Waals surface area (Å²) in [5.41, 5.74) is 1.02. The summed E-state index contributed by atoms with van der Waals surface area (Å²) in [5, 5.41) is 5.38. The molecule has 0 radical (unpaired) electrons. The van der Waals surface area contributed by atoms with Crippen LogP contribution >= 0.6 is 0 Å². The molecule has 92 valence electrons. The van der Waals surface area contributed by atoms with E-state index in [1.807, 2.05) is 44.2 Å². The largest absolute Gasteiger partial charge is 0.353 e. The van der Waals surface area contributed by atoms with Crippen molar-refractivity contribution in [2.24, 2.45) is 0 Å². The van der Waals surface area contributed by atoms with E-state index in [-0.39, 0.29) is 24.3 Å². The van der Waals surface area contributed by atoms with Gasteiger partial charge in [0.2, 0.25) is 11.8 Å². The fourth-order valence-corrected chi connectivity index (χ4v) is 1.38. The molecule has 0 spiro atoms. The van der Waals surface area contributed by atoms with Gasteiger partial charge in [0.25, 0.3) is 0 Å². The normalized spacial score (nSPS) is 10.1. The molecule has 0 aliphatic heterocycles. The number of hydrogen-bond donors (Lipinski definition) is 2. The fourth-order valence-electron chi connectivity index (χ4n) is 1.38. The molecule has 17 heavy (non-hydrogen) atoms. The summed E-state index contributed by atoms with van der Waals surface area (Å²) in [6.07, 6.45) is -0.120. The highest BCUT2D eigenvalue weighted by Crippen LogP contribution is 1.97. The summed E-state index contributed by atoms with van der Waals surface area (Å²) in [7, 11) is 0. The van der Waals surface area contributed by atoms with Crippen molar-refractivity contribution in [2.75, 3.05) is 0 Å². The van der Waals surface area contributed by atoms with Crippen LogP contribution in [-0.2, 0) is 16.1 Å². The van der Waals surface area contributed by atoms with E-state index in [1.165, 1.54) is 0 Å². The molecule has 0 saturated carbocycles. The first kappa shape index (κ1) is 13.2. The van der Waals surface area contributed by atoms with E-state index >= 15 is 0 Å². The van der Waals surface area contributed by atoms with Crippen LogP contribution in [0.4, 0.5) is 0 Å². The minimum atomic E-state index is -0.257. The molecule has 0 heterocycles. The lowest BCUT2D eigenvalue weighted by atomic mass is 10.2. The van der Waals surface area contributed by atoms with Gasteiger partial charge in [0.1, 0.15) is 6.42 Å². The average Bonchev–Trinajstić information content (AvgIpc) is 2.26. The minimum absolute atomic E-state index is 0.0597. The summed E-state index contributed by atoms with van der Waals surface area (Å²) in [5.74, 6) is -0.502. The summed E-state index contributed by atoms with van der Waals surface area (Å²) < 4.78 is 0. The lowest BCUT2D eigenvalue weighted by Crippen LogP contribution is -2.35. The Hall–Kier alpha value is -1.84. The van der Waals surface area contributed by atoms with Crippen molar-refractivity contribution in [2.45, 2.75) is 32.9 Å². The average molecular weight is 234 g/mol. The second-order valence-electron chi connectivity index (χ2n) is 4.16. The number of rotatable bonds is 5. The standard InChI is InChI=1S/C13H18N2O2/c1-10(2)15-13(17)8-12(16)14-9-11-6-4-3-5-7-11/h3-7,10H,8-9H2,1-2H3,(H,14,16)(H,15,17). The third-order valence-electron chi connectivity index (χ3n) is 2.10. The predicted molar refractivity (Wildman–Crippen MR) is 66.2 cm³/mol. The molecule has 0 bridgehead atoms. The number of carbonyl (C=O) groups is 2. The van der Waals surface area contributed by atoms with Crippen molar-refractivity contribution in [1.82, 2.24) is 10.6 Å². The molecule has 2 amide bonds. The quantitative estimate of drug-likeness (QED) is 0.752. The Kier molecular flexibility index (Phi) is 5.20. The van der Waals surface area contributed by atoms with Gasteiger partial charge in [-0.1, -0.05) is 30.3 Å². The summed E-state index contributed by atoms with van der Waals surface area (Å²) in [6, 6.07) is 9.65. The van der Waals surface area contributed by atoms with Gasteiger partial charge in [-0.3, -0.25) is 9.59 Å². The van der Waals surface area contributed by atoms with Crippen molar-refractivity contribution < 1.29 is 9.59 Å². The number of carbonyl (C=O) groups excluding carboxylic acids is 2. The van der Waals surface area contributed by atoms with Crippen LogP contribution in [0.1, 0.15) is 25.8 Å². The lowest BCUT2D eigenvalue weighted by molar-refractivity contribution is -0.129. The summed E-state index contributed by atoms with van der Waals surface area (Å²) in [6.45, 7) is 4.17. The Morgan fingerprint density at radius 2 is 1.76 bits per heavy atom. The van der Waals surface area contributed by atoms with E-state index in [1.54, 1.807) is 0 Å². The van der Waals surface area contributed by atoms with Crippen LogP contribution < -0.4 is 10.6 Å². The molecular formula is C13H18N2O2. The van der Waals surface area contributed by atoms with E-state index in [0.717, 1.165) is 5.56 Å². The van der Waals surface area contributed by atoms with Crippen LogP contribution in [-0.4, -0.2) is 17.9 Å². The van der Waals surface area contributed by atoms with Gasteiger partial charge < -0.3 is 10.6 Å². The molecule has 0 unspecified atom stereocenters. The van der Waals surface area contributed by atoms with Gasteiger partial charge in [0, 0.05) is 12.6 Å². The zero-order chi connectivity index (χ0) is 12.7. The van der Waals surface area contributed by atoms with Gasteiger partial charge in [0.15, 0.2) is 0 Å². The summed E-state index contributed by atoms with van der Waals surface area (Å²) >= 11 is 0. The van der Waals surface area contributed by atoms with Crippen molar-refractivity contribution >= 4 is 11.8 Å². The Morgan fingerprint density at radius 1 is 1.12 bits per heavy atom. The highest BCUT2D eigenvalue weighted by atomic mass is 16.2. The molecule has 4 heteroatoms. The molecular weight excluding hydrogens is 216 g/mol. The Bertz CT molecular complexity index is 374. The van der Waals surface area contributed by atoms with Crippen molar-refractivity contribution in [1.29, 1.82) is 0 Å². The second-order valence-corrected chi connectivity index (χ2v) is 4.16. The molecule has 0 atom stereocenters. The number of nitrogens with one attached hydrogen (secondary N) is 2. The first-order valence-corrected chi connectivity index (χ1v) is 5.68. The van der Waals surface area contributed by atoms with Gasteiger partial charge >= 0.3 is 0 Å². The van der Waals surface area contributed by atoms with Crippen LogP contribution in [0.15, 0.2) is 30.3 Å². The number of hydrogen-bond acceptors (Lipinski definition) is 2. The summed E-state index contributed by atoms with van der Waals surface area (Å²) in [4.78, 5) is 22.7. The molecule has 4 nitrogen and oxygen atoms in total. The molecule has 2 N–H and O–H groups in total.